The van der Waals surface area contributed by atoms with E-state index < -0.39 is 10.4 Å². The van der Waals surface area contributed by atoms with E-state index in [1.54, 1.807) is 12.1 Å². The van der Waals surface area contributed by atoms with Crippen molar-refractivity contribution in [2.45, 2.75) is 77.6 Å². The summed E-state index contributed by atoms with van der Waals surface area (Å²) in [5.41, 5.74) is 1.16. The monoisotopic (exact) mass is 366 g/mol. The summed E-state index contributed by atoms with van der Waals surface area (Å²) in [6.45, 7) is 2.25. The summed E-state index contributed by atoms with van der Waals surface area (Å²) < 4.78 is 34.2. The molecule has 24 heavy (non-hydrogen) atoms. The molecule has 1 rings (SSSR count). The summed E-state index contributed by atoms with van der Waals surface area (Å²) in [6.07, 6.45) is 14.2. The molecule has 0 saturated heterocycles. The van der Waals surface area contributed by atoms with Gasteiger partial charge in [0.2, 0.25) is 0 Å². The molecule has 0 atom stereocenters. The molecule has 0 bridgehead atoms. The van der Waals surface area contributed by atoms with Gasteiger partial charge in [0.05, 0.1) is 0 Å². The molecule has 1 aromatic carbocycles. The fourth-order valence-corrected chi connectivity index (χ4v) is 3.00. The van der Waals surface area contributed by atoms with Crippen LogP contribution < -0.4 is 4.18 Å². The minimum atomic E-state index is -4.43. The van der Waals surface area contributed by atoms with Crippen molar-refractivity contribution in [3.05, 3.63) is 29.8 Å². The van der Waals surface area contributed by atoms with Crippen LogP contribution in [0.4, 0.5) is 0 Å². The summed E-state index contributed by atoms with van der Waals surface area (Å²) in [7, 11) is -4.43. The van der Waals surface area contributed by atoms with Crippen molar-refractivity contribution in [3.63, 3.8) is 0 Å². The Balaban J connectivity index is 0.00000529. The second-order valence-corrected chi connectivity index (χ2v) is 7.11. The van der Waals surface area contributed by atoms with E-state index in [9.17, 15) is 8.42 Å². The molecule has 0 fully saturated rings. The average Bonchev–Trinajstić information content (AvgIpc) is 2.49. The van der Waals surface area contributed by atoms with Crippen LogP contribution in [0.3, 0.4) is 0 Å². The van der Waals surface area contributed by atoms with Crippen LogP contribution in [0.2, 0.25) is 0 Å². The van der Waals surface area contributed by atoms with Crippen molar-refractivity contribution in [2.24, 2.45) is 0 Å². The molecule has 0 aliphatic heterocycles. The number of rotatable bonds is 13. The van der Waals surface area contributed by atoms with E-state index in [1.807, 2.05) is 12.1 Å². The summed E-state index contributed by atoms with van der Waals surface area (Å²) in [6, 6.07) is 6.82. The maximum absolute atomic E-state index is 10.6. The number of benzene rings is 1. The first-order chi connectivity index (χ1) is 11.0. The Morgan fingerprint density at radius 2 is 1.29 bits per heavy atom. The number of aryl methyl sites for hydroxylation is 1. The topological polar surface area (TPSA) is 63.6 Å². The van der Waals surface area contributed by atoms with Gasteiger partial charge < -0.3 is 4.18 Å². The van der Waals surface area contributed by atoms with Crippen LogP contribution in [0.15, 0.2) is 24.3 Å². The van der Waals surface area contributed by atoms with Crippen LogP contribution in [-0.2, 0) is 16.8 Å². The van der Waals surface area contributed by atoms with Crippen molar-refractivity contribution in [2.75, 3.05) is 0 Å². The van der Waals surface area contributed by atoms with Gasteiger partial charge in [-0.05, 0) is 30.5 Å². The molecular formula is C18H31NaO4S. The molecule has 0 amide bonds. The van der Waals surface area contributed by atoms with Gasteiger partial charge in [0.1, 0.15) is 5.75 Å². The normalized spacial score (nSPS) is 11.1. The second-order valence-electron chi connectivity index (χ2n) is 6.09. The van der Waals surface area contributed by atoms with E-state index in [-0.39, 0.29) is 35.3 Å². The Bertz CT molecular complexity index is 514. The number of hydrogen-bond donors (Lipinski definition) is 1. The van der Waals surface area contributed by atoms with E-state index in [0.717, 1.165) is 18.4 Å². The van der Waals surface area contributed by atoms with Crippen molar-refractivity contribution in [1.82, 2.24) is 0 Å². The number of unbranched alkanes of at least 4 members (excludes halogenated alkanes) is 9. The van der Waals surface area contributed by atoms with Crippen LogP contribution in [0.1, 0.15) is 76.7 Å². The zero-order valence-corrected chi connectivity index (χ0v) is 15.0. The third kappa shape index (κ3) is 13.2. The van der Waals surface area contributed by atoms with E-state index in [0.29, 0.717) is 0 Å². The second kappa shape index (κ2) is 14.1. The van der Waals surface area contributed by atoms with Gasteiger partial charge in [0.15, 0.2) is 0 Å². The molecule has 1 N–H and O–H groups in total. The van der Waals surface area contributed by atoms with Gasteiger partial charge in [0, 0.05) is 0 Å². The molecule has 0 aromatic heterocycles. The van der Waals surface area contributed by atoms with Crippen molar-refractivity contribution in [3.8, 4) is 5.75 Å². The fraction of sp³-hybridized carbons (Fsp3) is 0.667. The van der Waals surface area contributed by atoms with Crippen LogP contribution in [0.25, 0.3) is 0 Å². The predicted molar refractivity (Wildman–Crippen MR) is 101 cm³/mol. The Hall–Kier alpha value is -0.0700. The third-order valence-corrected chi connectivity index (χ3v) is 4.35. The maximum atomic E-state index is 10.6. The molecule has 1 aromatic rings. The van der Waals surface area contributed by atoms with E-state index in [4.69, 9.17) is 4.55 Å². The minimum absolute atomic E-state index is 0. The van der Waals surface area contributed by atoms with Crippen molar-refractivity contribution < 1.29 is 17.2 Å². The van der Waals surface area contributed by atoms with Crippen molar-refractivity contribution in [1.29, 1.82) is 0 Å². The van der Waals surface area contributed by atoms with Crippen LogP contribution in [0, 0.1) is 0 Å². The Morgan fingerprint density at radius 1 is 0.833 bits per heavy atom. The first-order valence-electron chi connectivity index (χ1n) is 8.77. The predicted octanol–water partition coefficient (Wildman–Crippen LogP) is 4.68. The van der Waals surface area contributed by atoms with E-state index in [1.165, 1.54) is 57.8 Å². The molecular weight excluding hydrogens is 335 g/mol. The van der Waals surface area contributed by atoms with Crippen LogP contribution in [-0.4, -0.2) is 42.5 Å². The van der Waals surface area contributed by atoms with Gasteiger partial charge in [-0.15, -0.1) is 0 Å². The molecule has 0 aliphatic rings. The van der Waals surface area contributed by atoms with Crippen LogP contribution >= 0.6 is 0 Å². The SMILES string of the molecule is CCCCCCCCCCCCc1ccc(OS(=O)(=O)O)cc1.[NaH]. The molecule has 4 nitrogen and oxygen atoms in total. The fourth-order valence-electron chi connectivity index (χ4n) is 2.65. The summed E-state index contributed by atoms with van der Waals surface area (Å²) in [4.78, 5) is 0. The number of hydrogen-bond acceptors (Lipinski definition) is 3. The Kier molecular flexibility index (Phi) is 14.1. The quantitative estimate of drug-likeness (QED) is 0.313. The molecule has 0 unspecified atom stereocenters. The Morgan fingerprint density at radius 3 is 1.75 bits per heavy atom. The van der Waals surface area contributed by atoms with Gasteiger partial charge in [-0.1, -0.05) is 76.8 Å². The zero-order chi connectivity index (χ0) is 17.0. The van der Waals surface area contributed by atoms with Crippen LogP contribution in [0.5, 0.6) is 5.75 Å². The summed E-state index contributed by atoms with van der Waals surface area (Å²) in [5.74, 6) is 0.138. The molecule has 134 valence electrons. The average molecular weight is 366 g/mol. The van der Waals surface area contributed by atoms with Gasteiger partial charge in [-0.3, -0.25) is 4.55 Å². The Labute approximate surface area is 169 Å². The molecule has 0 radical (unpaired) electrons. The molecule has 6 heteroatoms. The van der Waals surface area contributed by atoms with Gasteiger partial charge in [-0.25, -0.2) is 0 Å². The summed E-state index contributed by atoms with van der Waals surface area (Å²) >= 11 is 0. The molecule has 0 heterocycles. The van der Waals surface area contributed by atoms with E-state index in [2.05, 4.69) is 11.1 Å². The van der Waals surface area contributed by atoms with Gasteiger partial charge in [-0.2, -0.15) is 8.42 Å². The first kappa shape index (κ1) is 23.9. The molecule has 0 aliphatic carbocycles. The first-order valence-corrected chi connectivity index (χ1v) is 10.1. The summed E-state index contributed by atoms with van der Waals surface area (Å²) in [5, 5.41) is 0. The van der Waals surface area contributed by atoms with Gasteiger partial charge in [0.25, 0.3) is 0 Å². The zero-order valence-electron chi connectivity index (χ0n) is 14.2. The standard InChI is InChI=1S/C18H30O4S.Na.H/c1-2-3-4-5-6-7-8-9-10-11-12-17-13-15-18(16-14-17)22-23(19,20)21;;/h13-16H,2-12H2,1H3,(H,19,20,21);;. The van der Waals surface area contributed by atoms with E-state index >= 15 is 0 Å². The van der Waals surface area contributed by atoms with Gasteiger partial charge >= 0.3 is 40.0 Å². The molecule has 0 saturated carbocycles. The van der Waals surface area contributed by atoms with Crippen molar-refractivity contribution >= 4 is 40.0 Å². The third-order valence-electron chi connectivity index (χ3n) is 3.94. The molecule has 0 spiro atoms.